The monoisotopic (exact) mass is 275 g/mol. The molecule has 2 rings (SSSR count). The van der Waals surface area contributed by atoms with Gasteiger partial charge in [-0.25, -0.2) is 0 Å². The van der Waals surface area contributed by atoms with E-state index in [1.54, 1.807) is 0 Å². The summed E-state index contributed by atoms with van der Waals surface area (Å²) in [6.07, 6.45) is 9.16. The average Bonchev–Trinajstić information content (AvgIpc) is 2.49. The van der Waals surface area contributed by atoms with Crippen LogP contribution in [0.4, 0.5) is 0 Å². The molecule has 1 saturated carbocycles. The molecule has 2 heteroatoms. The summed E-state index contributed by atoms with van der Waals surface area (Å²) in [4.78, 5) is 0. The van der Waals surface area contributed by atoms with Gasteiger partial charge in [0.05, 0.1) is 6.10 Å². The zero-order valence-corrected chi connectivity index (χ0v) is 12.7. The summed E-state index contributed by atoms with van der Waals surface area (Å²) in [5.41, 5.74) is 1.41. The molecular formula is C18H29NO. The highest BCUT2D eigenvalue weighted by Gasteiger charge is 2.22. The van der Waals surface area contributed by atoms with Crippen LogP contribution in [0.1, 0.15) is 69.9 Å². The number of rotatable bonds is 7. The largest absolute Gasteiger partial charge is 0.393 e. The third-order valence-corrected chi connectivity index (χ3v) is 4.43. The molecule has 1 fully saturated rings. The van der Waals surface area contributed by atoms with E-state index in [2.05, 4.69) is 42.6 Å². The molecule has 1 aromatic carbocycles. The summed E-state index contributed by atoms with van der Waals surface area (Å²) in [6, 6.07) is 11.9. The normalized spacial score (nSPS) is 24.5. The van der Waals surface area contributed by atoms with Crippen molar-refractivity contribution in [2.24, 2.45) is 0 Å². The zero-order chi connectivity index (χ0) is 14.2. The Balaban J connectivity index is 1.92. The Kier molecular flexibility index (Phi) is 6.55. The first-order chi connectivity index (χ1) is 9.79. The second kappa shape index (κ2) is 8.43. The molecule has 0 bridgehead atoms. The van der Waals surface area contributed by atoms with Crippen LogP contribution in [0.5, 0.6) is 0 Å². The highest BCUT2D eigenvalue weighted by molar-refractivity contribution is 5.19. The van der Waals surface area contributed by atoms with Gasteiger partial charge in [-0.2, -0.15) is 0 Å². The van der Waals surface area contributed by atoms with E-state index < -0.39 is 0 Å². The smallest absolute Gasteiger partial charge is 0.0541 e. The van der Waals surface area contributed by atoms with Gasteiger partial charge in [-0.1, -0.05) is 56.5 Å². The van der Waals surface area contributed by atoms with Crippen LogP contribution in [0.25, 0.3) is 0 Å². The molecule has 1 atom stereocenters. The fourth-order valence-electron chi connectivity index (χ4n) is 3.16. The number of hydrogen-bond acceptors (Lipinski definition) is 2. The van der Waals surface area contributed by atoms with E-state index in [4.69, 9.17) is 0 Å². The Labute approximate surface area is 123 Å². The van der Waals surface area contributed by atoms with Crippen LogP contribution in [0.15, 0.2) is 30.3 Å². The van der Waals surface area contributed by atoms with Gasteiger partial charge in [-0.3, -0.25) is 0 Å². The van der Waals surface area contributed by atoms with E-state index in [-0.39, 0.29) is 6.10 Å². The van der Waals surface area contributed by atoms with E-state index in [1.165, 1.54) is 31.2 Å². The average molecular weight is 275 g/mol. The highest BCUT2D eigenvalue weighted by Crippen LogP contribution is 2.25. The van der Waals surface area contributed by atoms with Crippen molar-refractivity contribution in [2.45, 2.75) is 76.5 Å². The van der Waals surface area contributed by atoms with Crippen molar-refractivity contribution in [1.29, 1.82) is 0 Å². The lowest BCUT2D eigenvalue weighted by Gasteiger charge is -2.31. The summed E-state index contributed by atoms with van der Waals surface area (Å²) in [7, 11) is 0. The number of unbranched alkanes of at least 4 members (excludes halogenated alkanes) is 2. The van der Waals surface area contributed by atoms with Gasteiger partial charge >= 0.3 is 0 Å². The summed E-state index contributed by atoms with van der Waals surface area (Å²) >= 11 is 0. The molecule has 1 aromatic rings. The fourth-order valence-corrected chi connectivity index (χ4v) is 3.16. The lowest BCUT2D eigenvalue weighted by atomic mass is 9.91. The molecule has 0 heterocycles. The number of aliphatic hydroxyl groups is 1. The van der Waals surface area contributed by atoms with Crippen molar-refractivity contribution in [2.75, 3.05) is 0 Å². The maximum Gasteiger partial charge on any atom is 0.0541 e. The Morgan fingerprint density at radius 2 is 1.80 bits per heavy atom. The van der Waals surface area contributed by atoms with Crippen LogP contribution in [0, 0.1) is 0 Å². The third-order valence-electron chi connectivity index (χ3n) is 4.43. The molecule has 1 aliphatic rings. The van der Waals surface area contributed by atoms with E-state index in [9.17, 15) is 5.11 Å². The van der Waals surface area contributed by atoms with Crippen molar-refractivity contribution in [3.8, 4) is 0 Å². The van der Waals surface area contributed by atoms with Crippen LogP contribution in [-0.4, -0.2) is 17.3 Å². The first kappa shape index (κ1) is 15.5. The van der Waals surface area contributed by atoms with Crippen molar-refractivity contribution in [3.63, 3.8) is 0 Å². The van der Waals surface area contributed by atoms with Crippen molar-refractivity contribution >= 4 is 0 Å². The quantitative estimate of drug-likeness (QED) is 0.731. The zero-order valence-electron chi connectivity index (χ0n) is 12.7. The standard InChI is InChI=1S/C18H29NO/c1-2-3-5-10-18(15-8-6-4-7-9-15)19-16-11-13-17(20)14-12-16/h4,6-9,16-20H,2-3,5,10-14H2,1H3. The van der Waals surface area contributed by atoms with Crippen LogP contribution in [0.2, 0.25) is 0 Å². The van der Waals surface area contributed by atoms with Gasteiger partial charge in [0.25, 0.3) is 0 Å². The molecule has 2 N–H and O–H groups in total. The van der Waals surface area contributed by atoms with Crippen molar-refractivity contribution in [1.82, 2.24) is 5.32 Å². The second-order valence-electron chi connectivity index (χ2n) is 6.13. The lowest BCUT2D eigenvalue weighted by Crippen LogP contribution is -2.37. The Bertz CT molecular complexity index is 357. The van der Waals surface area contributed by atoms with Crippen LogP contribution < -0.4 is 5.32 Å². The number of hydrogen-bond donors (Lipinski definition) is 2. The summed E-state index contributed by atoms with van der Waals surface area (Å²) in [6.45, 7) is 2.26. The van der Waals surface area contributed by atoms with Gasteiger partial charge in [0.2, 0.25) is 0 Å². The fraction of sp³-hybridized carbons (Fsp3) is 0.667. The predicted molar refractivity (Wildman–Crippen MR) is 84.7 cm³/mol. The summed E-state index contributed by atoms with van der Waals surface area (Å²) in [5.74, 6) is 0. The molecule has 0 radical (unpaired) electrons. The third kappa shape index (κ3) is 4.92. The number of aliphatic hydroxyl groups excluding tert-OH is 1. The minimum Gasteiger partial charge on any atom is -0.393 e. The van der Waals surface area contributed by atoms with E-state index >= 15 is 0 Å². The topological polar surface area (TPSA) is 32.3 Å². The highest BCUT2D eigenvalue weighted by atomic mass is 16.3. The first-order valence-corrected chi connectivity index (χ1v) is 8.28. The lowest BCUT2D eigenvalue weighted by molar-refractivity contribution is 0.113. The molecule has 0 spiro atoms. The molecular weight excluding hydrogens is 246 g/mol. The van der Waals surface area contributed by atoms with E-state index in [0.29, 0.717) is 12.1 Å². The van der Waals surface area contributed by atoms with Crippen LogP contribution in [-0.2, 0) is 0 Å². The van der Waals surface area contributed by atoms with Gasteiger partial charge in [-0.05, 0) is 37.7 Å². The van der Waals surface area contributed by atoms with E-state index in [0.717, 1.165) is 25.7 Å². The summed E-state index contributed by atoms with van der Waals surface area (Å²) in [5, 5.41) is 13.5. The molecule has 0 aromatic heterocycles. The molecule has 0 saturated heterocycles. The van der Waals surface area contributed by atoms with Crippen LogP contribution in [0.3, 0.4) is 0 Å². The Hall–Kier alpha value is -0.860. The minimum absolute atomic E-state index is 0.0664. The SMILES string of the molecule is CCCCCC(NC1CCC(O)CC1)c1ccccc1. The van der Waals surface area contributed by atoms with Gasteiger partial charge in [0.1, 0.15) is 0 Å². The molecule has 0 amide bonds. The number of benzene rings is 1. The molecule has 112 valence electrons. The molecule has 0 aliphatic heterocycles. The van der Waals surface area contributed by atoms with Gasteiger partial charge in [-0.15, -0.1) is 0 Å². The first-order valence-electron chi connectivity index (χ1n) is 8.28. The molecule has 2 nitrogen and oxygen atoms in total. The number of nitrogens with one attached hydrogen (secondary N) is 1. The maximum atomic E-state index is 9.62. The van der Waals surface area contributed by atoms with Crippen LogP contribution >= 0.6 is 0 Å². The molecule has 20 heavy (non-hydrogen) atoms. The van der Waals surface area contributed by atoms with Gasteiger partial charge in [0.15, 0.2) is 0 Å². The predicted octanol–water partition coefficient (Wildman–Crippen LogP) is 4.20. The van der Waals surface area contributed by atoms with Gasteiger partial charge < -0.3 is 10.4 Å². The molecule has 1 aliphatic carbocycles. The van der Waals surface area contributed by atoms with E-state index in [1.807, 2.05) is 0 Å². The summed E-state index contributed by atoms with van der Waals surface area (Å²) < 4.78 is 0. The van der Waals surface area contributed by atoms with Gasteiger partial charge in [0, 0.05) is 12.1 Å². The minimum atomic E-state index is -0.0664. The van der Waals surface area contributed by atoms with Crippen molar-refractivity contribution in [3.05, 3.63) is 35.9 Å². The Morgan fingerprint density at radius 3 is 2.45 bits per heavy atom. The molecule has 1 unspecified atom stereocenters. The second-order valence-corrected chi connectivity index (χ2v) is 6.13. The Morgan fingerprint density at radius 1 is 1.10 bits per heavy atom. The maximum absolute atomic E-state index is 9.62. The van der Waals surface area contributed by atoms with Crippen molar-refractivity contribution < 1.29 is 5.11 Å².